The summed E-state index contributed by atoms with van der Waals surface area (Å²) in [5, 5.41) is 5.62. The van der Waals surface area contributed by atoms with Crippen molar-refractivity contribution in [1.29, 1.82) is 0 Å². The van der Waals surface area contributed by atoms with Crippen LogP contribution in [0, 0.1) is 13.8 Å². The van der Waals surface area contributed by atoms with Crippen LogP contribution in [0.25, 0.3) is 4.96 Å². The van der Waals surface area contributed by atoms with Crippen molar-refractivity contribution in [3.8, 4) is 0 Å². The summed E-state index contributed by atoms with van der Waals surface area (Å²) in [6.45, 7) is 7.55. The zero-order valence-corrected chi connectivity index (χ0v) is 16.1. The van der Waals surface area contributed by atoms with Gasteiger partial charge in [0.1, 0.15) is 5.01 Å². The van der Waals surface area contributed by atoms with E-state index in [2.05, 4.69) is 14.8 Å². The first-order valence-electron chi connectivity index (χ1n) is 7.34. The molecule has 3 rings (SSSR count). The molecule has 0 unspecified atom stereocenters. The molecule has 0 aliphatic heterocycles. The molecule has 0 spiro atoms. The van der Waals surface area contributed by atoms with E-state index in [-0.39, 0.29) is 10.9 Å². The minimum absolute atomic E-state index is 0.0392. The summed E-state index contributed by atoms with van der Waals surface area (Å²) in [6.07, 6.45) is 0. The molecule has 128 valence electrons. The molecule has 2 aromatic heterocycles. The minimum Gasteiger partial charge on any atom is -0.277 e. The number of aryl methyl sites for hydroxylation is 2. The normalized spacial score (nSPS) is 12.2. The largest absolute Gasteiger partial charge is 0.281 e. The molecule has 6 nitrogen and oxygen atoms in total. The summed E-state index contributed by atoms with van der Waals surface area (Å²) in [5.41, 5.74) is 1.68. The van der Waals surface area contributed by atoms with Gasteiger partial charge in [0.2, 0.25) is 9.99 Å². The summed E-state index contributed by atoms with van der Waals surface area (Å²) in [5.74, 6) is 0.201. The molecule has 0 aliphatic rings. The Morgan fingerprint density at radius 2 is 2.00 bits per heavy atom. The molecule has 24 heavy (non-hydrogen) atoms. The zero-order chi connectivity index (χ0) is 17.6. The van der Waals surface area contributed by atoms with E-state index in [4.69, 9.17) is 11.6 Å². The molecule has 0 saturated carbocycles. The number of nitrogens with one attached hydrogen (secondary N) is 1. The van der Waals surface area contributed by atoms with Crippen LogP contribution in [0.2, 0.25) is 5.02 Å². The van der Waals surface area contributed by atoms with E-state index >= 15 is 0 Å². The number of nitrogens with zero attached hydrogens (tertiary/aromatic N) is 3. The lowest BCUT2D eigenvalue weighted by Gasteiger charge is -2.10. The second-order valence-corrected chi connectivity index (χ2v) is 8.87. The molecular formula is C15H17ClN4O2S2. The van der Waals surface area contributed by atoms with Gasteiger partial charge >= 0.3 is 0 Å². The number of anilines is 1. The van der Waals surface area contributed by atoms with Gasteiger partial charge in [-0.25, -0.2) is 4.98 Å². The van der Waals surface area contributed by atoms with E-state index in [0.29, 0.717) is 21.4 Å². The van der Waals surface area contributed by atoms with Crippen LogP contribution in [0.3, 0.4) is 0 Å². The Balaban J connectivity index is 2.09. The highest BCUT2D eigenvalue weighted by molar-refractivity contribution is 7.92. The molecule has 1 N–H and O–H groups in total. The Kier molecular flexibility index (Phi) is 4.31. The fourth-order valence-corrected chi connectivity index (χ4v) is 4.98. The van der Waals surface area contributed by atoms with E-state index < -0.39 is 10.0 Å². The van der Waals surface area contributed by atoms with Gasteiger partial charge in [0.15, 0.2) is 0 Å². The van der Waals surface area contributed by atoms with Gasteiger partial charge in [-0.15, -0.1) is 0 Å². The molecule has 0 aliphatic carbocycles. The van der Waals surface area contributed by atoms with Crippen molar-refractivity contribution in [2.75, 3.05) is 4.72 Å². The van der Waals surface area contributed by atoms with E-state index in [1.807, 2.05) is 20.8 Å². The third-order valence-corrected chi connectivity index (χ3v) is 6.45. The highest BCUT2D eigenvalue weighted by Crippen LogP contribution is 2.29. The minimum atomic E-state index is -3.86. The van der Waals surface area contributed by atoms with Gasteiger partial charge in [-0.1, -0.05) is 42.9 Å². The maximum atomic E-state index is 12.8. The molecule has 0 bridgehead atoms. The molecule has 9 heteroatoms. The number of benzene rings is 1. The summed E-state index contributed by atoms with van der Waals surface area (Å²) in [6, 6.07) is 5.14. The van der Waals surface area contributed by atoms with Gasteiger partial charge in [0, 0.05) is 5.92 Å². The quantitative estimate of drug-likeness (QED) is 0.737. The number of hydrogen-bond donors (Lipinski definition) is 1. The fraction of sp³-hybridized carbons (Fsp3) is 0.333. The van der Waals surface area contributed by atoms with Gasteiger partial charge in [-0.3, -0.25) is 4.72 Å². The van der Waals surface area contributed by atoms with Crippen molar-refractivity contribution < 1.29 is 8.42 Å². The maximum absolute atomic E-state index is 12.8. The van der Waals surface area contributed by atoms with Gasteiger partial charge < -0.3 is 0 Å². The molecule has 0 saturated heterocycles. The number of sulfonamides is 1. The molecule has 3 aromatic rings. The number of fused-ring (bicyclic) bond motifs is 1. The van der Waals surface area contributed by atoms with Gasteiger partial charge in [-0.2, -0.15) is 18.0 Å². The molecule has 0 radical (unpaired) electrons. The topological polar surface area (TPSA) is 76.4 Å². The third-order valence-electron chi connectivity index (χ3n) is 3.46. The monoisotopic (exact) mass is 384 g/mol. The standard InChI is InChI=1S/C15H17ClN4O2S2/c1-8(2)13-18-20-14(10(4)17-15(20)23-13)24(21,22)19-12-6-5-9(3)7-11(12)16/h5-8,19H,1-4H3. The molecular weight excluding hydrogens is 368 g/mol. The first-order valence-corrected chi connectivity index (χ1v) is 10.0. The van der Waals surface area contributed by atoms with Crippen LogP contribution >= 0.6 is 22.9 Å². The Bertz CT molecular complexity index is 1020. The second-order valence-electron chi connectivity index (χ2n) is 5.88. The molecule has 0 amide bonds. The number of hydrogen-bond acceptors (Lipinski definition) is 5. The van der Waals surface area contributed by atoms with Crippen LogP contribution < -0.4 is 4.72 Å². The van der Waals surface area contributed by atoms with Crippen LogP contribution in [-0.4, -0.2) is 23.0 Å². The van der Waals surface area contributed by atoms with Gasteiger partial charge in [0.05, 0.1) is 16.4 Å². The second kappa shape index (κ2) is 6.02. The SMILES string of the molecule is Cc1ccc(NS(=O)(=O)c2c(C)nc3sc(C(C)C)nn23)c(Cl)c1. The van der Waals surface area contributed by atoms with Crippen LogP contribution in [-0.2, 0) is 10.0 Å². The average Bonchev–Trinajstić information content (AvgIpc) is 2.98. The maximum Gasteiger partial charge on any atom is 0.281 e. The Labute approximate surface area is 149 Å². The van der Waals surface area contributed by atoms with Crippen LogP contribution in [0.4, 0.5) is 5.69 Å². The number of rotatable bonds is 4. The zero-order valence-electron chi connectivity index (χ0n) is 13.7. The average molecular weight is 385 g/mol. The van der Waals surface area contributed by atoms with E-state index in [1.165, 1.54) is 15.9 Å². The summed E-state index contributed by atoms with van der Waals surface area (Å²) in [4.78, 5) is 4.89. The van der Waals surface area contributed by atoms with Crippen molar-refractivity contribution >= 4 is 43.6 Å². The first kappa shape index (κ1) is 17.2. The summed E-state index contributed by atoms with van der Waals surface area (Å²) < 4.78 is 29.6. The Morgan fingerprint density at radius 3 is 2.62 bits per heavy atom. The highest BCUT2D eigenvalue weighted by atomic mass is 35.5. The number of imidazole rings is 1. The van der Waals surface area contributed by atoms with Crippen LogP contribution in [0.5, 0.6) is 0 Å². The Morgan fingerprint density at radius 1 is 1.29 bits per heavy atom. The number of aromatic nitrogens is 3. The smallest absolute Gasteiger partial charge is 0.277 e. The van der Waals surface area contributed by atoms with Gasteiger partial charge in [-0.05, 0) is 31.5 Å². The predicted molar refractivity (Wildman–Crippen MR) is 96.7 cm³/mol. The van der Waals surface area contributed by atoms with Crippen molar-refractivity contribution in [3.63, 3.8) is 0 Å². The van der Waals surface area contributed by atoms with Crippen LogP contribution in [0.1, 0.15) is 36.0 Å². The van der Waals surface area contributed by atoms with Crippen molar-refractivity contribution in [2.45, 2.75) is 38.6 Å². The van der Waals surface area contributed by atoms with Crippen LogP contribution in [0.15, 0.2) is 23.2 Å². The molecule has 2 heterocycles. The van der Waals surface area contributed by atoms with E-state index in [0.717, 1.165) is 10.6 Å². The summed E-state index contributed by atoms with van der Waals surface area (Å²) in [7, 11) is -3.86. The number of halogens is 1. The molecule has 1 aromatic carbocycles. The third kappa shape index (κ3) is 3.01. The highest BCUT2D eigenvalue weighted by Gasteiger charge is 2.27. The lowest BCUT2D eigenvalue weighted by Crippen LogP contribution is -2.17. The molecule has 0 atom stereocenters. The van der Waals surface area contributed by atoms with Gasteiger partial charge in [0.25, 0.3) is 10.0 Å². The van der Waals surface area contributed by atoms with E-state index in [1.54, 1.807) is 25.1 Å². The fourth-order valence-electron chi connectivity index (χ4n) is 2.28. The summed E-state index contributed by atoms with van der Waals surface area (Å²) >= 11 is 7.53. The Hall–Kier alpha value is -1.64. The molecule has 0 fully saturated rings. The lowest BCUT2D eigenvalue weighted by atomic mass is 10.2. The lowest BCUT2D eigenvalue weighted by molar-refractivity contribution is 0.592. The predicted octanol–water partition coefficient (Wildman–Crippen LogP) is 3.99. The van der Waals surface area contributed by atoms with E-state index in [9.17, 15) is 8.42 Å². The first-order chi connectivity index (χ1) is 11.2. The van der Waals surface area contributed by atoms with Crippen molar-refractivity contribution in [3.05, 3.63) is 39.5 Å². The van der Waals surface area contributed by atoms with Crippen molar-refractivity contribution in [1.82, 2.24) is 14.6 Å². The van der Waals surface area contributed by atoms with Crippen molar-refractivity contribution in [2.24, 2.45) is 0 Å².